The van der Waals surface area contributed by atoms with E-state index in [-0.39, 0.29) is 5.54 Å². The number of aromatic nitrogens is 2. The molecule has 4 nitrogen and oxygen atoms in total. The lowest BCUT2D eigenvalue weighted by Crippen LogP contribution is -2.25. The van der Waals surface area contributed by atoms with Crippen LogP contribution in [-0.2, 0) is 12.0 Å². The predicted molar refractivity (Wildman–Crippen MR) is 85.8 cm³/mol. The lowest BCUT2D eigenvalue weighted by molar-refractivity contribution is 0.387. The molecule has 2 rings (SSSR count). The molecule has 4 heteroatoms. The highest BCUT2D eigenvalue weighted by atomic mass is 15.2. The Kier molecular flexibility index (Phi) is 4.04. The average Bonchev–Trinajstić information content (AvgIpc) is 2.75. The van der Waals surface area contributed by atoms with Gasteiger partial charge in [-0.05, 0) is 33.3 Å². The van der Waals surface area contributed by atoms with Crippen LogP contribution in [0.2, 0.25) is 0 Å². The van der Waals surface area contributed by atoms with Gasteiger partial charge in [-0.15, -0.1) is 0 Å². The molecule has 0 saturated carbocycles. The van der Waals surface area contributed by atoms with Crippen LogP contribution in [0.1, 0.15) is 45.5 Å². The number of hydrogen-bond acceptors (Lipinski definition) is 3. The van der Waals surface area contributed by atoms with Gasteiger partial charge in [0.05, 0.1) is 11.6 Å². The first kappa shape index (κ1) is 15.1. The van der Waals surface area contributed by atoms with E-state index in [0.717, 1.165) is 24.2 Å². The van der Waals surface area contributed by atoms with Crippen LogP contribution in [-0.4, -0.2) is 9.55 Å². The summed E-state index contributed by atoms with van der Waals surface area (Å²) in [6.07, 6.45) is 1.88. The molecule has 0 fully saturated rings. The second-order valence-corrected chi connectivity index (χ2v) is 6.18. The Labute approximate surface area is 126 Å². The molecule has 0 aliphatic heterocycles. The summed E-state index contributed by atoms with van der Waals surface area (Å²) in [6.45, 7) is 8.47. The first-order valence-corrected chi connectivity index (χ1v) is 7.27. The zero-order valence-corrected chi connectivity index (χ0v) is 13.1. The van der Waals surface area contributed by atoms with Gasteiger partial charge in [-0.1, -0.05) is 25.1 Å². The molecule has 0 bridgehead atoms. The van der Waals surface area contributed by atoms with E-state index < -0.39 is 0 Å². The van der Waals surface area contributed by atoms with Gasteiger partial charge in [0.15, 0.2) is 0 Å². The molecule has 0 unspecified atom stereocenters. The lowest BCUT2D eigenvalue weighted by atomic mass is 10.0. The molecule has 2 N–H and O–H groups in total. The van der Waals surface area contributed by atoms with Crippen molar-refractivity contribution in [3.05, 3.63) is 35.7 Å². The average molecular weight is 282 g/mol. The van der Waals surface area contributed by atoms with Crippen LogP contribution in [0.4, 0.5) is 5.82 Å². The number of rotatable bonds is 3. The maximum absolute atomic E-state index is 9.28. The monoisotopic (exact) mass is 282 g/mol. The van der Waals surface area contributed by atoms with E-state index >= 15 is 0 Å². The molecule has 1 aromatic carbocycles. The molecule has 0 radical (unpaired) electrons. The van der Waals surface area contributed by atoms with Crippen molar-refractivity contribution in [1.29, 1.82) is 5.26 Å². The zero-order chi connectivity index (χ0) is 15.6. The Morgan fingerprint density at radius 2 is 1.95 bits per heavy atom. The number of hydrogen-bond donors (Lipinski definition) is 1. The highest BCUT2D eigenvalue weighted by Gasteiger charge is 2.24. The smallest absolute Gasteiger partial charge is 0.132 e. The molecule has 0 spiro atoms. The first-order valence-electron chi connectivity index (χ1n) is 7.27. The standard InChI is InChI=1S/C17H22N4/c1-5-8-14-20-15(16(19)21(14)17(2,3)4)13-10-7-6-9-12(13)11-18/h6-7,9-10H,5,8,19H2,1-4H3. The van der Waals surface area contributed by atoms with Crippen molar-refractivity contribution in [1.82, 2.24) is 9.55 Å². The molecule has 110 valence electrons. The molecule has 21 heavy (non-hydrogen) atoms. The number of aryl methyl sites for hydroxylation is 1. The van der Waals surface area contributed by atoms with Gasteiger partial charge in [-0.2, -0.15) is 5.26 Å². The minimum atomic E-state index is -0.137. The van der Waals surface area contributed by atoms with Gasteiger partial charge in [-0.25, -0.2) is 4.98 Å². The number of nitrogens with zero attached hydrogens (tertiary/aromatic N) is 3. The fraction of sp³-hybridized carbons (Fsp3) is 0.412. The Hall–Kier alpha value is -2.28. The van der Waals surface area contributed by atoms with Crippen molar-refractivity contribution in [3.63, 3.8) is 0 Å². The number of imidazole rings is 1. The van der Waals surface area contributed by atoms with Gasteiger partial charge in [0.25, 0.3) is 0 Å². The third-order valence-electron chi connectivity index (χ3n) is 3.43. The van der Waals surface area contributed by atoms with E-state index in [1.807, 2.05) is 18.2 Å². The van der Waals surface area contributed by atoms with Crippen molar-refractivity contribution < 1.29 is 0 Å². The van der Waals surface area contributed by atoms with E-state index in [1.165, 1.54) is 0 Å². The van der Waals surface area contributed by atoms with Crippen LogP contribution in [0.15, 0.2) is 24.3 Å². The van der Waals surface area contributed by atoms with Crippen molar-refractivity contribution in [3.8, 4) is 17.3 Å². The zero-order valence-electron chi connectivity index (χ0n) is 13.1. The van der Waals surface area contributed by atoms with Gasteiger partial charge in [0, 0.05) is 17.5 Å². The van der Waals surface area contributed by atoms with Gasteiger partial charge >= 0.3 is 0 Å². The molecule has 0 aliphatic carbocycles. The summed E-state index contributed by atoms with van der Waals surface area (Å²) >= 11 is 0. The van der Waals surface area contributed by atoms with Crippen LogP contribution in [0.5, 0.6) is 0 Å². The Morgan fingerprint density at radius 1 is 1.29 bits per heavy atom. The Bertz CT molecular complexity index is 684. The van der Waals surface area contributed by atoms with Gasteiger partial charge < -0.3 is 10.3 Å². The van der Waals surface area contributed by atoms with Crippen LogP contribution in [0.3, 0.4) is 0 Å². The fourth-order valence-electron chi connectivity index (χ4n) is 2.61. The van der Waals surface area contributed by atoms with Crippen molar-refractivity contribution in [2.45, 2.75) is 46.1 Å². The largest absolute Gasteiger partial charge is 0.383 e. The maximum atomic E-state index is 9.28. The maximum Gasteiger partial charge on any atom is 0.132 e. The van der Waals surface area contributed by atoms with E-state index in [2.05, 4.69) is 38.3 Å². The number of anilines is 1. The summed E-state index contributed by atoms with van der Waals surface area (Å²) in [7, 11) is 0. The first-order chi connectivity index (χ1) is 9.90. The molecule has 2 aromatic rings. The highest BCUT2D eigenvalue weighted by molar-refractivity contribution is 5.76. The summed E-state index contributed by atoms with van der Waals surface area (Å²) in [5.74, 6) is 1.61. The third kappa shape index (κ3) is 2.78. The number of nitrogen functional groups attached to an aromatic ring is 1. The lowest BCUT2D eigenvalue weighted by Gasteiger charge is -2.25. The minimum absolute atomic E-state index is 0.137. The number of nitriles is 1. The number of nitrogens with two attached hydrogens (primary N) is 1. The molecular weight excluding hydrogens is 260 g/mol. The summed E-state index contributed by atoms with van der Waals surface area (Å²) in [6, 6.07) is 9.68. The molecule has 1 aromatic heterocycles. The van der Waals surface area contributed by atoms with Crippen molar-refractivity contribution >= 4 is 5.82 Å². The fourth-order valence-corrected chi connectivity index (χ4v) is 2.61. The molecule has 0 atom stereocenters. The molecular formula is C17H22N4. The van der Waals surface area contributed by atoms with E-state index in [4.69, 9.17) is 10.7 Å². The topological polar surface area (TPSA) is 67.6 Å². The van der Waals surface area contributed by atoms with Crippen LogP contribution < -0.4 is 5.73 Å². The van der Waals surface area contributed by atoms with Crippen molar-refractivity contribution in [2.24, 2.45) is 0 Å². The molecule has 0 saturated heterocycles. The second-order valence-electron chi connectivity index (χ2n) is 6.18. The predicted octanol–water partition coefficient (Wildman–Crippen LogP) is 3.71. The van der Waals surface area contributed by atoms with Gasteiger partial charge in [-0.3, -0.25) is 0 Å². The number of benzene rings is 1. The quantitative estimate of drug-likeness (QED) is 0.933. The SMILES string of the molecule is CCCc1nc(-c2ccccc2C#N)c(N)n1C(C)(C)C. The van der Waals surface area contributed by atoms with Crippen molar-refractivity contribution in [2.75, 3.05) is 5.73 Å². The molecule has 0 aliphatic rings. The Morgan fingerprint density at radius 3 is 2.52 bits per heavy atom. The van der Waals surface area contributed by atoms with Gasteiger partial charge in [0.2, 0.25) is 0 Å². The van der Waals surface area contributed by atoms with Crippen LogP contribution in [0.25, 0.3) is 11.3 Å². The molecule has 0 amide bonds. The summed E-state index contributed by atoms with van der Waals surface area (Å²) in [4.78, 5) is 4.73. The van der Waals surface area contributed by atoms with E-state index in [0.29, 0.717) is 17.1 Å². The minimum Gasteiger partial charge on any atom is -0.383 e. The summed E-state index contributed by atoms with van der Waals surface area (Å²) < 4.78 is 2.08. The molecule has 1 heterocycles. The van der Waals surface area contributed by atoms with Crippen LogP contribution in [0, 0.1) is 11.3 Å². The summed E-state index contributed by atoms with van der Waals surface area (Å²) in [5.41, 5.74) is 8.35. The third-order valence-corrected chi connectivity index (χ3v) is 3.43. The second kappa shape index (κ2) is 5.61. The van der Waals surface area contributed by atoms with Crippen LogP contribution >= 0.6 is 0 Å². The summed E-state index contributed by atoms with van der Waals surface area (Å²) in [5, 5.41) is 9.28. The van der Waals surface area contributed by atoms with Gasteiger partial charge in [0.1, 0.15) is 17.3 Å². The highest BCUT2D eigenvalue weighted by Crippen LogP contribution is 2.33. The Balaban J connectivity index is 2.69. The van der Waals surface area contributed by atoms with E-state index in [9.17, 15) is 5.26 Å². The van der Waals surface area contributed by atoms with E-state index in [1.54, 1.807) is 6.07 Å². The normalized spacial score (nSPS) is 11.4.